The van der Waals surface area contributed by atoms with Gasteiger partial charge in [-0.3, -0.25) is 0 Å². The molecule has 0 aromatic rings. The van der Waals surface area contributed by atoms with E-state index in [1.165, 1.54) is 0 Å². The van der Waals surface area contributed by atoms with E-state index < -0.39 is 5.60 Å². The highest BCUT2D eigenvalue weighted by atomic mass is 16.6. The van der Waals surface area contributed by atoms with E-state index >= 15 is 0 Å². The Morgan fingerprint density at radius 2 is 2.13 bits per heavy atom. The van der Waals surface area contributed by atoms with Crippen molar-refractivity contribution in [1.82, 2.24) is 4.90 Å². The van der Waals surface area contributed by atoms with Crippen LogP contribution in [0, 0.1) is 0 Å². The van der Waals surface area contributed by atoms with E-state index in [0.717, 1.165) is 0 Å². The van der Waals surface area contributed by atoms with Crippen molar-refractivity contribution in [3.05, 3.63) is 0 Å². The number of hydrogen-bond acceptors (Lipinski definition) is 4. The first kappa shape index (κ1) is 12.3. The molecule has 0 aromatic heterocycles. The molecule has 0 spiro atoms. The van der Waals surface area contributed by atoms with Gasteiger partial charge in [-0.1, -0.05) is 0 Å². The molecule has 0 aromatic carbocycles. The molecule has 0 unspecified atom stereocenters. The van der Waals surface area contributed by atoms with Crippen LogP contribution in [-0.4, -0.2) is 47.9 Å². The fourth-order valence-corrected chi connectivity index (χ4v) is 1.84. The number of hydrogen-bond donors (Lipinski definition) is 2. The first-order valence-corrected chi connectivity index (χ1v) is 5.45. The second-order valence-corrected chi connectivity index (χ2v) is 3.95. The Balaban J connectivity index is 2.38. The van der Waals surface area contributed by atoms with Crippen LogP contribution >= 0.6 is 0 Å². The Hall–Kier alpha value is -0.810. The molecule has 1 amide bonds. The van der Waals surface area contributed by atoms with Gasteiger partial charge in [0.15, 0.2) is 0 Å². The summed E-state index contributed by atoms with van der Waals surface area (Å²) in [4.78, 5) is 13.0. The number of piperidine rings is 1. The van der Waals surface area contributed by atoms with Gasteiger partial charge >= 0.3 is 6.09 Å². The van der Waals surface area contributed by atoms with Crippen LogP contribution in [0.1, 0.15) is 26.2 Å². The zero-order chi connectivity index (χ0) is 11.3. The minimum absolute atomic E-state index is 0.285. The second kappa shape index (κ2) is 5.32. The topological polar surface area (TPSA) is 75.8 Å². The van der Waals surface area contributed by atoms with Crippen molar-refractivity contribution in [3.8, 4) is 0 Å². The summed E-state index contributed by atoms with van der Waals surface area (Å²) >= 11 is 0. The van der Waals surface area contributed by atoms with Crippen molar-refractivity contribution in [3.63, 3.8) is 0 Å². The number of nitrogens with zero attached hydrogens (tertiary/aromatic N) is 1. The average Bonchev–Trinajstić information content (AvgIpc) is 2.19. The van der Waals surface area contributed by atoms with Crippen LogP contribution in [0.5, 0.6) is 0 Å². The van der Waals surface area contributed by atoms with Gasteiger partial charge in [-0.05, 0) is 32.7 Å². The number of nitrogens with two attached hydrogens (primary N) is 1. The summed E-state index contributed by atoms with van der Waals surface area (Å²) in [7, 11) is 0. The SMILES string of the molecule is CCOC(=O)N1CCC(O)(CCN)CC1. The molecule has 1 fully saturated rings. The van der Waals surface area contributed by atoms with Gasteiger partial charge in [0.25, 0.3) is 0 Å². The molecule has 1 aliphatic rings. The number of amides is 1. The highest BCUT2D eigenvalue weighted by molar-refractivity contribution is 5.67. The molecule has 0 radical (unpaired) electrons. The largest absolute Gasteiger partial charge is 0.450 e. The molecule has 0 saturated carbocycles. The number of carbonyl (C=O) groups is 1. The molecule has 1 saturated heterocycles. The van der Waals surface area contributed by atoms with Crippen LogP contribution in [0.25, 0.3) is 0 Å². The van der Waals surface area contributed by atoms with Gasteiger partial charge in [-0.25, -0.2) is 4.79 Å². The van der Waals surface area contributed by atoms with Crippen molar-refractivity contribution in [2.75, 3.05) is 26.2 Å². The molecule has 0 atom stereocenters. The van der Waals surface area contributed by atoms with Crippen LogP contribution in [0.4, 0.5) is 4.79 Å². The normalized spacial score (nSPS) is 20.1. The Morgan fingerprint density at radius 3 is 2.60 bits per heavy atom. The Bertz CT molecular complexity index is 213. The molecule has 0 aliphatic carbocycles. The highest BCUT2D eigenvalue weighted by Gasteiger charge is 2.33. The minimum atomic E-state index is -0.683. The molecule has 5 nitrogen and oxygen atoms in total. The number of carbonyl (C=O) groups excluding carboxylic acids is 1. The second-order valence-electron chi connectivity index (χ2n) is 3.95. The first-order chi connectivity index (χ1) is 7.11. The van der Waals surface area contributed by atoms with Crippen molar-refractivity contribution in [1.29, 1.82) is 0 Å². The lowest BCUT2D eigenvalue weighted by molar-refractivity contribution is -0.0241. The molecular weight excluding hydrogens is 196 g/mol. The van der Waals surface area contributed by atoms with Gasteiger partial charge in [-0.15, -0.1) is 0 Å². The number of likely N-dealkylation sites (tertiary alicyclic amines) is 1. The monoisotopic (exact) mass is 216 g/mol. The van der Waals surface area contributed by atoms with Crippen molar-refractivity contribution < 1.29 is 14.6 Å². The summed E-state index contributed by atoms with van der Waals surface area (Å²) in [6, 6.07) is 0. The fourth-order valence-electron chi connectivity index (χ4n) is 1.84. The summed E-state index contributed by atoms with van der Waals surface area (Å²) in [6.45, 7) is 3.76. The van der Waals surface area contributed by atoms with E-state index in [2.05, 4.69) is 0 Å². The van der Waals surface area contributed by atoms with E-state index in [1.54, 1.807) is 11.8 Å². The third kappa shape index (κ3) is 3.35. The molecule has 88 valence electrons. The summed E-state index contributed by atoms with van der Waals surface area (Å²) in [6.07, 6.45) is 1.49. The molecule has 15 heavy (non-hydrogen) atoms. The maximum absolute atomic E-state index is 11.4. The van der Waals surface area contributed by atoms with Gasteiger partial charge in [0.05, 0.1) is 12.2 Å². The van der Waals surface area contributed by atoms with Crippen LogP contribution in [0.15, 0.2) is 0 Å². The quantitative estimate of drug-likeness (QED) is 0.712. The number of ether oxygens (including phenoxy) is 1. The lowest BCUT2D eigenvalue weighted by atomic mass is 9.88. The van der Waals surface area contributed by atoms with Gasteiger partial charge < -0.3 is 20.5 Å². The summed E-state index contributed by atoms with van der Waals surface area (Å²) < 4.78 is 4.89. The van der Waals surface area contributed by atoms with Crippen molar-refractivity contribution in [2.24, 2.45) is 5.73 Å². The lowest BCUT2D eigenvalue weighted by Crippen LogP contribution is -2.47. The third-order valence-corrected chi connectivity index (χ3v) is 2.83. The molecule has 1 rings (SSSR count). The molecule has 3 N–H and O–H groups in total. The van der Waals surface area contributed by atoms with Crippen LogP contribution < -0.4 is 5.73 Å². The van der Waals surface area contributed by atoms with E-state index in [1.807, 2.05) is 0 Å². The highest BCUT2D eigenvalue weighted by Crippen LogP contribution is 2.25. The number of aliphatic hydroxyl groups is 1. The first-order valence-electron chi connectivity index (χ1n) is 5.45. The van der Waals surface area contributed by atoms with Gasteiger partial charge in [0, 0.05) is 13.1 Å². The zero-order valence-corrected chi connectivity index (χ0v) is 9.24. The molecule has 1 heterocycles. The molecule has 1 aliphatic heterocycles. The van der Waals surface area contributed by atoms with Gasteiger partial charge in [0.2, 0.25) is 0 Å². The van der Waals surface area contributed by atoms with Crippen molar-refractivity contribution in [2.45, 2.75) is 31.8 Å². The van der Waals surface area contributed by atoms with Crippen LogP contribution in [-0.2, 0) is 4.74 Å². The van der Waals surface area contributed by atoms with E-state index in [4.69, 9.17) is 10.5 Å². The summed E-state index contributed by atoms with van der Waals surface area (Å²) in [5.74, 6) is 0. The predicted molar refractivity (Wildman–Crippen MR) is 56.5 cm³/mol. The van der Waals surface area contributed by atoms with Crippen molar-refractivity contribution >= 4 is 6.09 Å². The Labute approximate surface area is 90.2 Å². The molecular formula is C10H20N2O3. The lowest BCUT2D eigenvalue weighted by Gasteiger charge is -2.37. The molecule has 5 heteroatoms. The number of rotatable bonds is 3. The Morgan fingerprint density at radius 1 is 1.53 bits per heavy atom. The Kier molecular flexibility index (Phi) is 4.35. The maximum Gasteiger partial charge on any atom is 0.409 e. The van der Waals surface area contributed by atoms with Crippen LogP contribution in [0.3, 0.4) is 0 Å². The predicted octanol–water partition coefficient (Wildman–Crippen LogP) is 0.319. The maximum atomic E-state index is 11.4. The standard InChI is InChI=1S/C10H20N2O3/c1-2-15-9(13)12-7-4-10(14,3-6-11)5-8-12/h14H,2-8,11H2,1H3. The van der Waals surface area contributed by atoms with E-state index in [9.17, 15) is 9.90 Å². The fraction of sp³-hybridized carbons (Fsp3) is 0.900. The molecule has 0 bridgehead atoms. The van der Waals surface area contributed by atoms with Gasteiger partial charge in [0.1, 0.15) is 0 Å². The van der Waals surface area contributed by atoms with E-state index in [0.29, 0.717) is 45.5 Å². The van der Waals surface area contributed by atoms with E-state index in [-0.39, 0.29) is 6.09 Å². The van der Waals surface area contributed by atoms with Crippen LogP contribution in [0.2, 0.25) is 0 Å². The summed E-state index contributed by atoms with van der Waals surface area (Å²) in [5, 5.41) is 10.0. The zero-order valence-electron chi connectivity index (χ0n) is 9.24. The minimum Gasteiger partial charge on any atom is -0.450 e. The smallest absolute Gasteiger partial charge is 0.409 e. The van der Waals surface area contributed by atoms with Gasteiger partial charge in [-0.2, -0.15) is 0 Å². The third-order valence-electron chi connectivity index (χ3n) is 2.83. The average molecular weight is 216 g/mol. The summed E-state index contributed by atoms with van der Waals surface area (Å²) in [5.41, 5.74) is 4.74.